The molecule has 0 amide bonds. The van der Waals surface area contributed by atoms with E-state index in [9.17, 15) is 13.2 Å². The molecular formula is C17H25Cl2F3N2O. The maximum Gasteiger partial charge on any atom is 0.416 e. The van der Waals surface area contributed by atoms with E-state index in [-0.39, 0.29) is 36.6 Å². The van der Waals surface area contributed by atoms with Gasteiger partial charge in [-0.05, 0) is 31.0 Å². The van der Waals surface area contributed by atoms with Gasteiger partial charge in [-0.2, -0.15) is 13.2 Å². The Hall–Kier alpha value is -0.950. The van der Waals surface area contributed by atoms with Crippen molar-refractivity contribution in [3.05, 3.63) is 41.5 Å². The van der Waals surface area contributed by atoms with Gasteiger partial charge in [-0.3, -0.25) is 4.90 Å². The maximum atomic E-state index is 13.5. The molecule has 1 saturated heterocycles. The molecule has 0 spiro atoms. The summed E-state index contributed by atoms with van der Waals surface area (Å²) in [5, 5.41) is 3.23. The van der Waals surface area contributed by atoms with E-state index >= 15 is 0 Å². The minimum atomic E-state index is -4.41. The number of piperazine rings is 1. The largest absolute Gasteiger partial charge is 0.497 e. The van der Waals surface area contributed by atoms with Crippen molar-refractivity contribution in [2.45, 2.75) is 25.6 Å². The van der Waals surface area contributed by atoms with E-state index in [1.807, 2.05) is 6.92 Å². The van der Waals surface area contributed by atoms with Crippen molar-refractivity contribution >= 4 is 24.8 Å². The van der Waals surface area contributed by atoms with Gasteiger partial charge < -0.3 is 10.1 Å². The number of hydrogen-bond acceptors (Lipinski definition) is 3. The molecule has 1 aliphatic heterocycles. The Labute approximate surface area is 159 Å². The number of ether oxygens (including phenoxy) is 1. The van der Waals surface area contributed by atoms with Crippen molar-refractivity contribution in [3.8, 4) is 5.75 Å². The van der Waals surface area contributed by atoms with Gasteiger partial charge in [-0.15, -0.1) is 31.4 Å². The third kappa shape index (κ3) is 6.37. The van der Waals surface area contributed by atoms with Crippen LogP contribution in [0.15, 0.2) is 30.4 Å². The minimum Gasteiger partial charge on any atom is -0.497 e. The zero-order chi connectivity index (χ0) is 17.0. The molecule has 1 aromatic carbocycles. The average Bonchev–Trinajstić information content (AvgIpc) is 2.52. The number of hydrogen-bond donors (Lipinski definition) is 1. The highest BCUT2D eigenvalue weighted by Crippen LogP contribution is 2.40. The standard InChI is InChI=1S/C17H23F3N2O.2ClH/c1-12(2)10-16(22-8-6-21-7-9-22)14-5-4-13(23-3)11-15(14)17(18,19)20;;/h4-5,11,16,21H,1,6-10H2,2-3H3;2*1H/t16-;;/m1../s1. The summed E-state index contributed by atoms with van der Waals surface area (Å²) in [6.45, 7) is 8.76. The van der Waals surface area contributed by atoms with Crippen LogP contribution in [0.4, 0.5) is 13.2 Å². The molecule has 1 heterocycles. The summed E-state index contributed by atoms with van der Waals surface area (Å²) in [6.07, 6.45) is -3.90. The van der Waals surface area contributed by atoms with Crippen LogP contribution >= 0.6 is 24.8 Å². The van der Waals surface area contributed by atoms with Crippen LogP contribution in [0.5, 0.6) is 5.75 Å². The van der Waals surface area contributed by atoms with Crippen molar-refractivity contribution in [2.24, 2.45) is 0 Å². The molecule has 0 aromatic heterocycles. The molecule has 3 nitrogen and oxygen atoms in total. The summed E-state index contributed by atoms with van der Waals surface area (Å²) < 4.78 is 45.5. The molecular weight excluding hydrogens is 376 g/mol. The quantitative estimate of drug-likeness (QED) is 0.737. The van der Waals surface area contributed by atoms with Gasteiger partial charge in [0.25, 0.3) is 0 Å². The first-order chi connectivity index (χ1) is 10.8. The third-order valence-corrected chi connectivity index (χ3v) is 4.06. The van der Waals surface area contributed by atoms with Crippen molar-refractivity contribution in [2.75, 3.05) is 33.3 Å². The molecule has 0 unspecified atom stereocenters. The van der Waals surface area contributed by atoms with Crippen molar-refractivity contribution in [3.63, 3.8) is 0 Å². The molecule has 0 bridgehead atoms. The van der Waals surface area contributed by atoms with E-state index in [1.165, 1.54) is 13.2 Å². The highest BCUT2D eigenvalue weighted by Gasteiger charge is 2.37. The third-order valence-electron chi connectivity index (χ3n) is 4.06. The fraction of sp³-hybridized carbons (Fsp3) is 0.529. The fourth-order valence-corrected chi connectivity index (χ4v) is 2.96. The monoisotopic (exact) mass is 400 g/mol. The number of benzene rings is 1. The SMILES string of the molecule is C=C(C)C[C@H](c1ccc(OC)cc1C(F)(F)F)N1CCNCC1.Cl.Cl. The number of methoxy groups -OCH3 is 1. The summed E-state index contributed by atoms with van der Waals surface area (Å²) in [5.74, 6) is 0.218. The Morgan fingerprint density at radius 1 is 1.28 bits per heavy atom. The van der Waals surface area contributed by atoms with Gasteiger partial charge in [0.2, 0.25) is 0 Å². The molecule has 1 atom stereocenters. The van der Waals surface area contributed by atoms with E-state index in [1.54, 1.807) is 6.07 Å². The fourth-order valence-electron chi connectivity index (χ4n) is 2.96. The first-order valence-electron chi connectivity index (χ1n) is 7.67. The second kappa shape index (κ2) is 10.3. The summed E-state index contributed by atoms with van der Waals surface area (Å²) in [6, 6.07) is 3.90. The molecule has 0 saturated carbocycles. The molecule has 25 heavy (non-hydrogen) atoms. The minimum absolute atomic E-state index is 0. The van der Waals surface area contributed by atoms with E-state index in [4.69, 9.17) is 4.74 Å². The van der Waals surface area contributed by atoms with Gasteiger partial charge in [0.05, 0.1) is 12.7 Å². The van der Waals surface area contributed by atoms with Crippen LogP contribution < -0.4 is 10.1 Å². The van der Waals surface area contributed by atoms with Gasteiger partial charge in [-0.25, -0.2) is 0 Å². The van der Waals surface area contributed by atoms with Gasteiger partial charge in [0, 0.05) is 32.2 Å². The highest BCUT2D eigenvalue weighted by atomic mass is 35.5. The zero-order valence-electron chi connectivity index (χ0n) is 14.4. The zero-order valence-corrected chi connectivity index (χ0v) is 16.0. The second-order valence-corrected chi connectivity index (χ2v) is 5.91. The first-order valence-corrected chi connectivity index (χ1v) is 7.67. The lowest BCUT2D eigenvalue weighted by Crippen LogP contribution is -2.45. The molecule has 0 radical (unpaired) electrons. The molecule has 8 heteroatoms. The maximum absolute atomic E-state index is 13.5. The lowest BCUT2D eigenvalue weighted by atomic mass is 9.93. The van der Waals surface area contributed by atoms with Crippen molar-refractivity contribution in [1.82, 2.24) is 10.2 Å². The number of rotatable bonds is 5. The van der Waals surface area contributed by atoms with Gasteiger partial charge in [-0.1, -0.05) is 11.6 Å². The van der Waals surface area contributed by atoms with E-state index < -0.39 is 11.7 Å². The van der Waals surface area contributed by atoms with E-state index in [0.29, 0.717) is 12.0 Å². The molecule has 1 fully saturated rings. The Bertz CT molecular complexity index is 561. The van der Waals surface area contributed by atoms with Gasteiger partial charge in [0.15, 0.2) is 0 Å². The smallest absolute Gasteiger partial charge is 0.416 e. The van der Waals surface area contributed by atoms with E-state index in [0.717, 1.165) is 37.8 Å². The normalized spacial score (nSPS) is 16.4. The Morgan fingerprint density at radius 3 is 2.36 bits per heavy atom. The van der Waals surface area contributed by atoms with Gasteiger partial charge in [0.1, 0.15) is 5.75 Å². The molecule has 144 valence electrons. The molecule has 0 aliphatic carbocycles. The summed E-state index contributed by atoms with van der Waals surface area (Å²) in [7, 11) is 1.37. The molecule has 2 rings (SSSR count). The van der Waals surface area contributed by atoms with Crippen LogP contribution in [0, 0.1) is 0 Å². The van der Waals surface area contributed by atoms with Crippen LogP contribution in [0.1, 0.15) is 30.5 Å². The van der Waals surface area contributed by atoms with Crippen LogP contribution in [0.2, 0.25) is 0 Å². The van der Waals surface area contributed by atoms with Crippen LogP contribution in [-0.4, -0.2) is 38.2 Å². The topological polar surface area (TPSA) is 24.5 Å². The molecule has 1 N–H and O–H groups in total. The lowest BCUT2D eigenvalue weighted by Gasteiger charge is -2.36. The summed E-state index contributed by atoms with van der Waals surface area (Å²) >= 11 is 0. The lowest BCUT2D eigenvalue weighted by molar-refractivity contribution is -0.139. The van der Waals surface area contributed by atoms with Gasteiger partial charge >= 0.3 is 6.18 Å². The summed E-state index contributed by atoms with van der Waals surface area (Å²) in [5.41, 5.74) is 0.544. The second-order valence-electron chi connectivity index (χ2n) is 5.91. The number of nitrogens with one attached hydrogen (secondary N) is 1. The van der Waals surface area contributed by atoms with Crippen LogP contribution in [0.3, 0.4) is 0 Å². The number of alkyl halides is 3. The molecule has 1 aliphatic rings. The summed E-state index contributed by atoms with van der Waals surface area (Å²) in [4.78, 5) is 2.10. The van der Waals surface area contributed by atoms with Crippen molar-refractivity contribution in [1.29, 1.82) is 0 Å². The number of halogens is 5. The molecule has 1 aromatic rings. The highest BCUT2D eigenvalue weighted by molar-refractivity contribution is 5.85. The Morgan fingerprint density at radius 2 is 1.88 bits per heavy atom. The van der Waals surface area contributed by atoms with Crippen LogP contribution in [0.25, 0.3) is 0 Å². The number of nitrogens with zero attached hydrogens (tertiary/aromatic N) is 1. The predicted molar refractivity (Wildman–Crippen MR) is 99.1 cm³/mol. The van der Waals surface area contributed by atoms with Crippen LogP contribution in [-0.2, 0) is 6.18 Å². The van der Waals surface area contributed by atoms with Crippen molar-refractivity contribution < 1.29 is 17.9 Å². The van der Waals surface area contributed by atoms with E-state index in [2.05, 4.69) is 16.8 Å². The first kappa shape index (κ1) is 24.1. The average molecular weight is 401 g/mol. The predicted octanol–water partition coefficient (Wildman–Crippen LogP) is 4.47. The Kier molecular flexibility index (Phi) is 9.87. The Balaban J connectivity index is 0.00000288.